The van der Waals surface area contributed by atoms with Crippen molar-refractivity contribution in [1.29, 1.82) is 0 Å². The van der Waals surface area contributed by atoms with Crippen LogP contribution in [-0.4, -0.2) is 11.9 Å². The van der Waals surface area contributed by atoms with E-state index in [2.05, 4.69) is 31.3 Å². The Kier molecular flexibility index (Phi) is 6.19. The van der Waals surface area contributed by atoms with Gasteiger partial charge in [0, 0.05) is 19.5 Å². The summed E-state index contributed by atoms with van der Waals surface area (Å²) in [4.78, 5) is 22.6. The highest BCUT2D eigenvalue weighted by Crippen LogP contribution is 2.29. The number of nitrogens with one attached hydrogen (secondary N) is 1. The van der Waals surface area contributed by atoms with Gasteiger partial charge in [0.05, 0.1) is 0 Å². The van der Waals surface area contributed by atoms with Crippen molar-refractivity contribution in [3.05, 3.63) is 58.1 Å². The van der Waals surface area contributed by atoms with Crippen molar-refractivity contribution in [2.45, 2.75) is 53.9 Å². The molecule has 4 heteroatoms. The van der Waals surface area contributed by atoms with Gasteiger partial charge in [-0.25, -0.2) is 0 Å². The molecule has 1 amide bonds. The number of benzene rings is 2. The summed E-state index contributed by atoms with van der Waals surface area (Å²) in [6.07, 6.45) is 0.790. The molecule has 0 radical (unpaired) electrons. The van der Waals surface area contributed by atoms with E-state index in [0.29, 0.717) is 11.7 Å². The van der Waals surface area contributed by atoms with E-state index in [1.807, 2.05) is 32.0 Å². The first-order valence-electron chi connectivity index (χ1n) is 8.86. The molecule has 0 aromatic heterocycles. The van der Waals surface area contributed by atoms with Crippen LogP contribution in [0.25, 0.3) is 0 Å². The van der Waals surface area contributed by atoms with Crippen LogP contribution in [0.2, 0.25) is 0 Å². The first-order valence-corrected chi connectivity index (χ1v) is 8.86. The summed E-state index contributed by atoms with van der Waals surface area (Å²) >= 11 is 0. The van der Waals surface area contributed by atoms with Crippen molar-refractivity contribution < 1.29 is 14.3 Å². The summed E-state index contributed by atoms with van der Waals surface area (Å²) in [5.41, 5.74) is 6.60. The fourth-order valence-electron chi connectivity index (χ4n) is 3.16. The Morgan fingerprint density at radius 3 is 2.15 bits per heavy atom. The average molecular weight is 353 g/mol. The standard InChI is InChI=1S/C22H27NO3/c1-13(2)20-11-18(7-8-22(20)23-16(5)24)12-21-14(3)9-19(10-15(21)4)26-17(6)25/h7-11,13H,12H2,1-6H3,(H,23,24). The van der Waals surface area contributed by atoms with Gasteiger partial charge >= 0.3 is 5.97 Å². The van der Waals surface area contributed by atoms with E-state index in [4.69, 9.17) is 4.74 Å². The zero-order valence-corrected chi connectivity index (χ0v) is 16.4. The number of esters is 1. The third kappa shape index (κ3) is 4.94. The third-order valence-corrected chi connectivity index (χ3v) is 4.36. The van der Waals surface area contributed by atoms with Gasteiger partial charge in [0.25, 0.3) is 0 Å². The minimum Gasteiger partial charge on any atom is -0.427 e. The smallest absolute Gasteiger partial charge is 0.308 e. The van der Waals surface area contributed by atoms with E-state index in [-0.39, 0.29) is 11.9 Å². The molecule has 0 spiro atoms. The number of hydrogen-bond acceptors (Lipinski definition) is 3. The summed E-state index contributed by atoms with van der Waals surface area (Å²) in [6.45, 7) is 11.2. The van der Waals surface area contributed by atoms with Crippen LogP contribution < -0.4 is 10.1 Å². The maximum atomic E-state index is 11.4. The van der Waals surface area contributed by atoms with E-state index in [1.54, 1.807) is 0 Å². The van der Waals surface area contributed by atoms with Crippen molar-refractivity contribution in [3.8, 4) is 5.75 Å². The topological polar surface area (TPSA) is 55.4 Å². The molecule has 0 bridgehead atoms. The van der Waals surface area contributed by atoms with Gasteiger partial charge in [0.2, 0.25) is 5.91 Å². The monoisotopic (exact) mass is 353 g/mol. The number of amides is 1. The Labute approximate surface area is 155 Å². The lowest BCUT2D eigenvalue weighted by molar-refractivity contribution is -0.131. The Hall–Kier alpha value is -2.62. The van der Waals surface area contributed by atoms with Crippen molar-refractivity contribution in [2.75, 3.05) is 5.32 Å². The van der Waals surface area contributed by atoms with Gasteiger partial charge < -0.3 is 10.1 Å². The quantitative estimate of drug-likeness (QED) is 0.614. The molecular weight excluding hydrogens is 326 g/mol. The average Bonchev–Trinajstić information content (AvgIpc) is 2.50. The molecule has 0 saturated heterocycles. The van der Waals surface area contributed by atoms with Crippen molar-refractivity contribution in [3.63, 3.8) is 0 Å². The molecule has 0 unspecified atom stereocenters. The normalized spacial score (nSPS) is 10.7. The van der Waals surface area contributed by atoms with Crippen molar-refractivity contribution >= 4 is 17.6 Å². The molecule has 0 aliphatic rings. The molecule has 0 fully saturated rings. The van der Waals surface area contributed by atoms with E-state index in [0.717, 1.165) is 28.8 Å². The largest absolute Gasteiger partial charge is 0.427 e. The molecule has 0 aliphatic heterocycles. The van der Waals surface area contributed by atoms with Crippen LogP contribution in [0, 0.1) is 13.8 Å². The van der Waals surface area contributed by atoms with Crippen molar-refractivity contribution in [2.24, 2.45) is 0 Å². The predicted molar refractivity (Wildman–Crippen MR) is 105 cm³/mol. The van der Waals surface area contributed by atoms with Gasteiger partial charge in [-0.05, 0) is 72.2 Å². The highest BCUT2D eigenvalue weighted by molar-refractivity contribution is 5.89. The van der Waals surface area contributed by atoms with Gasteiger partial charge in [-0.3, -0.25) is 9.59 Å². The lowest BCUT2D eigenvalue weighted by atomic mass is 9.92. The summed E-state index contributed by atoms with van der Waals surface area (Å²) in [5, 5.41) is 2.91. The van der Waals surface area contributed by atoms with Gasteiger partial charge in [-0.1, -0.05) is 26.0 Å². The molecule has 0 saturated carbocycles. The molecule has 26 heavy (non-hydrogen) atoms. The van der Waals surface area contributed by atoms with Crippen LogP contribution in [-0.2, 0) is 16.0 Å². The number of ether oxygens (including phenoxy) is 1. The van der Waals surface area contributed by atoms with Crippen LogP contribution in [0.1, 0.15) is 61.4 Å². The molecular formula is C22H27NO3. The first kappa shape index (κ1) is 19.7. The summed E-state index contributed by atoms with van der Waals surface area (Å²) in [7, 11) is 0. The molecule has 2 aromatic carbocycles. The minimum absolute atomic E-state index is 0.0626. The summed E-state index contributed by atoms with van der Waals surface area (Å²) in [5.74, 6) is 0.518. The Morgan fingerprint density at radius 1 is 1.04 bits per heavy atom. The van der Waals surface area contributed by atoms with Gasteiger partial charge in [0.1, 0.15) is 5.75 Å². The zero-order valence-electron chi connectivity index (χ0n) is 16.4. The summed E-state index contributed by atoms with van der Waals surface area (Å²) < 4.78 is 5.21. The molecule has 2 rings (SSSR count). The summed E-state index contributed by atoms with van der Waals surface area (Å²) in [6, 6.07) is 9.99. The van der Waals surface area contributed by atoms with Gasteiger partial charge in [-0.15, -0.1) is 0 Å². The maximum Gasteiger partial charge on any atom is 0.308 e. The van der Waals surface area contributed by atoms with Crippen LogP contribution in [0.3, 0.4) is 0 Å². The van der Waals surface area contributed by atoms with E-state index in [1.165, 1.54) is 25.0 Å². The Morgan fingerprint density at radius 2 is 1.65 bits per heavy atom. The van der Waals surface area contributed by atoms with E-state index < -0.39 is 0 Å². The molecule has 138 valence electrons. The molecule has 4 nitrogen and oxygen atoms in total. The van der Waals surface area contributed by atoms with Crippen LogP contribution in [0.5, 0.6) is 5.75 Å². The number of hydrogen-bond donors (Lipinski definition) is 1. The number of rotatable bonds is 5. The number of carbonyl (C=O) groups excluding carboxylic acids is 2. The fourth-order valence-corrected chi connectivity index (χ4v) is 3.16. The molecule has 1 N–H and O–H groups in total. The van der Waals surface area contributed by atoms with E-state index >= 15 is 0 Å². The van der Waals surface area contributed by atoms with Crippen LogP contribution >= 0.6 is 0 Å². The molecule has 0 atom stereocenters. The van der Waals surface area contributed by atoms with E-state index in [9.17, 15) is 9.59 Å². The third-order valence-electron chi connectivity index (χ3n) is 4.36. The lowest BCUT2D eigenvalue weighted by Gasteiger charge is -2.17. The molecule has 2 aromatic rings. The first-order chi connectivity index (χ1) is 12.2. The second kappa shape index (κ2) is 8.17. The van der Waals surface area contributed by atoms with Crippen molar-refractivity contribution in [1.82, 2.24) is 0 Å². The van der Waals surface area contributed by atoms with Gasteiger partial charge in [0.15, 0.2) is 0 Å². The van der Waals surface area contributed by atoms with Gasteiger partial charge in [-0.2, -0.15) is 0 Å². The second-order valence-electron chi connectivity index (χ2n) is 7.06. The fraction of sp³-hybridized carbons (Fsp3) is 0.364. The SMILES string of the molecule is CC(=O)Nc1ccc(Cc2c(C)cc(OC(C)=O)cc2C)cc1C(C)C. The molecule has 0 heterocycles. The maximum absolute atomic E-state index is 11.4. The highest BCUT2D eigenvalue weighted by Gasteiger charge is 2.12. The Bertz CT molecular complexity index is 814. The van der Waals surface area contributed by atoms with Crippen LogP contribution in [0.4, 0.5) is 5.69 Å². The van der Waals surface area contributed by atoms with Crippen LogP contribution in [0.15, 0.2) is 30.3 Å². The predicted octanol–water partition coefficient (Wildman–Crippen LogP) is 4.90. The lowest BCUT2D eigenvalue weighted by Crippen LogP contribution is -2.09. The zero-order chi connectivity index (χ0) is 19.4. The minimum atomic E-state index is -0.313. The Balaban J connectivity index is 2.35. The number of anilines is 1. The number of aryl methyl sites for hydroxylation is 2. The molecule has 0 aliphatic carbocycles. The highest BCUT2D eigenvalue weighted by atomic mass is 16.5. The second-order valence-corrected chi connectivity index (χ2v) is 7.06. The number of carbonyl (C=O) groups is 2.